The van der Waals surface area contributed by atoms with Crippen molar-refractivity contribution in [3.63, 3.8) is 0 Å². The van der Waals surface area contributed by atoms with Crippen molar-refractivity contribution in [2.75, 3.05) is 43.4 Å². The molecule has 3 rings (SSSR count). The SMILES string of the molecule is CCC(CC)[C@@H](CNC(=O)c1ccc2c(c1)C[C@H](C)N2S(C)(=O)=O)N1CCOCC1. The summed E-state index contributed by atoms with van der Waals surface area (Å²) in [7, 11) is -3.33. The molecule has 0 saturated carbocycles. The van der Waals surface area contributed by atoms with E-state index in [1.54, 1.807) is 12.1 Å². The molecule has 8 heteroatoms. The Morgan fingerprint density at radius 1 is 1.23 bits per heavy atom. The Bertz CT molecular complexity index is 848. The van der Waals surface area contributed by atoms with Crippen LogP contribution in [0.25, 0.3) is 0 Å². The average Bonchev–Trinajstić information content (AvgIpc) is 3.06. The Hall–Kier alpha value is -1.64. The number of hydrogen-bond donors (Lipinski definition) is 1. The molecule has 0 spiro atoms. The van der Waals surface area contributed by atoms with Crippen molar-refractivity contribution >= 4 is 21.6 Å². The smallest absolute Gasteiger partial charge is 0.251 e. The van der Waals surface area contributed by atoms with Gasteiger partial charge in [-0.2, -0.15) is 0 Å². The molecule has 0 aromatic heterocycles. The van der Waals surface area contributed by atoms with Gasteiger partial charge in [-0.15, -0.1) is 0 Å². The van der Waals surface area contributed by atoms with Gasteiger partial charge in [0.1, 0.15) is 0 Å². The molecule has 1 N–H and O–H groups in total. The number of fused-ring (bicyclic) bond motifs is 1. The summed E-state index contributed by atoms with van der Waals surface area (Å²) in [5.41, 5.74) is 2.18. The van der Waals surface area contributed by atoms with E-state index in [0.717, 1.165) is 44.7 Å². The molecule has 2 atom stereocenters. The molecule has 30 heavy (non-hydrogen) atoms. The fraction of sp³-hybridized carbons (Fsp3) is 0.682. The van der Waals surface area contributed by atoms with E-state index in [9.17, 15) is 13.2 Å². The molecule has 2 heterocycles. The zero-order chi connectivity index (χ0) is 21.9. The van der Waals surface area contributed by atoms with Crippen LogP contribution in [0.1, 0.15) is 49.5 Å². The van der Waals surface area contributed by atoms with Gasteiger partial charge in [0.25, 0.3) is 5.91 Å². The van der Waals surface area contributed by atoms with Gasteiger partial charge in [-0.3, -0.25) is 14.0 Å². The van der Waals surface area contributed by atoms with Gasteiger partial charge >= 0.3 is 0 Å². The summed E-state index contributed by atoms with van der Waals surface area (Å²) in [4.78, 5) is 15.3. The van der Waals surface area contributed by atoms with Crippen LogP contribution < -0.4 is 9.62 Å². The van der Waals surface area contributed by atoms with Gasteiger partial charge in [-0.25, -0.2) is 8.42 Å². The lowest BCUT2D eigenvalue weighted by molar-refractivity contribution is 0.00191. The number of rotatable bonds is 8. The van der Waals surface area contributed by atoms with Crippen LogP contribution in [0.3, 0.4) is 0 Å². The summed E-state index contributed by atoms with van der Waals surface area (Å²) in [6, 6.07) is 5.49. The average molecular weight is 438 g/mol. The lowest BCUT2D eigenvalue weighted by Crippen LogP contribution is -2.52. The second-order valence-electron chi connectivity index (χ2n) is 8.46. The van der Waals surface area contributed by atoms with Crippen LogP contribution >= 0.6 is 0 Å². The molecular weight excluding hydrogens is 402 g/mol. The maximum Gasteiger partial charge on any atom is 0.251 e. The predicted octanol–water partition coefficient (Wildman–Crippen LogP) is 2.26. The van der Waals surface area contributed by atoms with Crippen LogP contribution in [0.2, 0.25) is 0 Å². The van der Waals surface area contributed by atoms with Crippen molar-refractivity contribution in [1.82, 2.24) is 10.2 Å². The van der Waals surface area contributed by atoms with Crippen LogP contribution in [0.15, 0.2) is 18.2 Å². The summed E-state index contributed by atoms with van der Waals surface area (Å²) in [5.74, 6) is 0.417. The highest BCUT2D eigenvalue weighted by atomic mass is 32.2. The van der Waals surface area contributed by atoms with E-state index in [0.29, 0.717) is 36.2 Å². The minimum atomic E-state index is -3.33. The fourth-order valence-electron chi connectivity index (χ4n) is 4.88. The molecule has 0 unspecified atom stereocenters. The summed E-state index contributed by atoms with van der Waals surface area (Å²) >= 11 is 0. The maximum absolute atomic E-state index is 12.9. The van der Waals surface area contributed by atoms with Gasteiger partial charge in [0, 0.05) is 37.3 Å². The Balaban J connectivity index is 1.71. The van der Waals surface area contributed by atoms with Gasteiger partial charge in [0.2, 0.25) is 10.0 Å². The van der Waals surface area contributed by atoms with E-state index in [1.807, 2.05) is 13.0 Å². The normalized spacial score (nSPS) is 21.0. The summed E-state index contributed by atoms with van der Waals surface area (Å²) in [5, 5.41) is 3.14. The lowest BCUT2D eigenvalue weighted by atomic mass is 9.92. The highest BCUT2D eigenvalue weighted by Gasteiger charge is 2.33. The first kappa shape index (κ1) is 23.0. The van der Waals surface area contributed by atoms with Crippen molar-refractivity contribution < 1.29 is 17.9 Å². The fourth-order valence-corrected chi connectivity index (χ4v) is 6.15. The molecular formula is C22H35N3O4S. The molecule has 0 aliphatic carbocycles. The predicted molar refractivity (Wildman–Crippen MR) is 120 cm³/mol. The van der Waals surface area contributed by atoms with Crippen LogP contribution in [-0.2, 0) is 21.2 Å². The minimum Gasteiger partial charge on any atom is -0.379 e. The van der Waals surface area contributed by atoms with Gasteiger partial charge in [0.05, 0.1) is 25.2 Å². The Morgan fingerprint density at radius 2 is 1.90 bits per heavy atom. The number of anilines is 1. The first-order chi connectivity index (χ1) is 14.3. The van der Waals surface area contributed by atoms with Crippen LogP contribution in [0, 0.1) is 5.92 Å². The number of carbonyl (C=O) groups excluding carboxylic acids is 1. The van der Waals surface area contributed by atoms with Gasteiger partial charge in [-0.05, 0) is 43.0 Å². The number of hydrogen-bond acceptors (Lipinski definition) is 5. The topological polar surface area (TPSA) is 79.0 Å². The third-order valence-corrected chi connectivity index (χ3v) is 7.70. The molecule has 1 aromatic rings. The monoisotopic (exact) mass is 437 g/mol. The highest BCUT2D eigenvalue weighted by molar-refractivity contribution is 7.92. The van der Waals surface area contributed by atoms with Crippen molar-refractivity contribution in [3.05, 3.63) is 29.3 Å². The molecule has 2 aliphatic rings. The molecule has 2 aliphatic heterocycles. The minimum absolute atomic E-state index is 0.104. The van der Waals surface area contributed by atoms with E-state index >= 15 is 0 Å². The molecule has 1 amide bonds. The highest BCUT2D eigenvalue weighted by Crippen LogP contribution is 2.34. The number of nitrogens with zero attached hydrogens (tertiary/aromatic N) is 2. The number of sulfonamides is 1. The third kappa shape index (κ3) is 4.98. The van der Waals surface area contributed by atoms with Crippen molar-refractivity contribution in [1.29, 1.82) is 0 Å². The van der Waals surface area contributed by atoms with Crippen LogP contribution in [0.4, 0.5) is 5.69 Å². The Morgan fingerprint density at radius 3 is 2.50 bits per heavy atom. The molecule has 1 saturated heterocycles. The summed E-state index contributed by atoms with van der Waals surface area (Å²) in [6.45, 7) is 10.2. The molecule has 0 bridgehead atoms. The molecule has 1 aromatic carbocycles. The quantitative estimate of drug-likeness (QED) is 0.675. The number of benzene rings is 1. The van der Waals surface area contributed by atoms with Gasteiger partial charge in [0.15, 0.2) is 0 Å². The second kappa shape index (κ2) is 9.66. The van der Waals surface area contributed by atoms with Crippen LogP contribution in [-0.4, -0.2) is 70.4 Å². The number of nitrogens with one attached hydrogen (secondary N) is 1. The lowest BCUT2D eigenvalue weighted by Gasteiger charge is -2.38. The number of ether oxygens (including phenoxy) is 1. The van der Waals surface area contributed by atoms with E-state index in [2.05, 4.69) is 24.1 Å². The Labute approximate surface area is 180 Å². The number of morpholine rings is 1. The van der Waals surface area contributed by atoms with Crippen molar-refractivity contribution in [2.45, 2.75) is 52.1 Å². The van der Waals surface area contributed by atoms with E-state index in [1.165, 1.54) is 10.6 Å². The van der Waals surface area contributed by atoms with E-state index in [-0.39, 0.29) is 11.9 Å². The largest absolute Gasteiger partial charge is 0.379 e. The van der Waals surface area contributed by atoms with Gasteiger partial charge in [-0.1, -0.05) is 26.7 Å². The zero-order valence-corrected chi connectivity index (χ0v) is 19.4. The third-order valence-electron chi connectivity index (χ3n) is 6.43. The standard InChI is InChI=1S/C22H35N3O4S/c1-5-17(6-2)21(24-9-11-29-12-10-24)15-23-22(26)18-7-8-20-19(14-18)13-16(3)25(20)30(4,27)28/h7-8,14,16-17,21H,5-6,9-13,15H2,1-4H3,(H,23,26)/t16-,21+/m0/s1. The first-order valence-corrected chi connectivity index (χ1v) is 12.8. The van der Waals surface area contributed by atoms with E-state index < -0.39 is 10.0 Å². The molecule has 0 radical (unpaired) electrons. The number of carbonyl (C=O) groups is 1. The number of amides is 1. The molecule has 168 valence electrons. The van der Waals surface area contributed by atoms with Crippen molar-refractivity contribution in [3.8, 4) is 0 Å². The summed E-state index contributed by atoms with van der Waals surface area (Å²) in [6.07, 6.45) is 4.00. The van der Waals surface area contributed by atoms with Crippen LogP contribution in [0.5, 0.6) is 0 Å². The molecule has 7 nitrogen and oxygen atoms in total. The maximum atomic E-state index is 12.9. The second-order valence-corrected chi connectivity index (χ2v) is 10.3. The zero-order valence-electron chi connectivity index (χ0n) is 18.6. The first-order valence-electron chi connectivity index (χ1n) is 11.0. The van der Waals surface area contributed by atoms with Crippen molar-refractivity contribution in [2.24, 2.45) is 5.92 Å². The molecule has 1 fully saturated rings. The Kier molecular flexibility index (Phi) is 7.42. The van der Waals surface area contributed by atoms with E-state index in [4.69, 9.17) is 4.74 Å². The van der Waals surface area contributed by atoms with Gasteiger partial charge < -0.3 is 10.1 Å². The summed E-state index contributed by atoms with van der Waals surface area (Å²) < 4.78 is 31.2.